The van der Waals surface area contributed by atoms with Gasteiger partial charge in [0.2, 0.25) is 17.7 Å². The van der Waals surface area contributed by atoms with E-state index in [0.29, 0.717) is 67.1 Å². The number of hydrogen-bond donors (Lipinski definition) is 1. The third-order valence-corrected chi connectivity index (χ3v) is 13.5. The molecule has 4 amide bonds. The molecule has 8 rings (SSSR count). The fourth-order valence-electron chi connectivity index (χ4n) is 8.80. The molecule has 0 bridgehead atoms. The van der Waals surface area contributed by atoms with Gasteiger partial charge in [0, 0.05) is 86.5 Å². The van der Waals surface area contributed by atoms with Crippen LogP contribution < -0.4 is 19.7 Å². The largest absolute Gasteiger partial charge is 0.755 e. The first-order valence-corrected chi connectivity index (χ1v) is 22.4. The Morgan fingerprint density at radius 2 is 1.81 bits per heavy atom. The maximum atomic E-state index is 15.1. The van der Waals surface area contributed by atoms with E-state index in [1.165, 1.54) is 4.90 Å². The molecule has 332 valence electrons. The average molecular weight is 878 g/mol. The lowest BCUT2D eigenvalue weighted by Gasteiger charge is -2.38. The molecule has 4 heterocycles. The van der Waals surface area contributed by atoms with Gasteiger partial charge in [-0.05, 0) is 36.8 Å². The normalized spacial score (nSPS) is 23.1. The van der Waals surface area contributed by atoms with Crippen molar-refractivity contribution in [2.75, 3.05) is 44.7 Å². The van der Waals surface area contributed by atoms with Crippen molar-refractivity contribution in [1.82, 2.24) is 34.4 Å². The number of nitrogens with one attached hydrogen (secondary N) is 1. The Kier molecular flexibility index (Phi) is 12.3. The number of pyridine rings is 1. The number of amides is 4. The van der Waals surface area contributed by atoms with E-state index < -0.39 is 70.0 Å². The second-order valence-electron chi connectivity index (χ2n) is 17.9. The van der Waals surface area contributed by atoms with Crippen LogP contribution in [0.2, 0.25) is 0 Å². The van der Waals surface area contributed by atoms with Crippen molar-refractivity contribution in [3.8, 4) is 22.8 Å². The van der Waals surface area contributed by atoms with Gasteiger partial charge >= 0.3 is 0 Å². The van der Waals surface area contributed by atoms with Crippen LogP contribution in [0.25, 0.3) is 22.2 Å². The number of benzene rings is 2. The Morgan fingerprint density at radius 1 is 1.06 bits per heavy atom. The summed E-state index contributed by atoms with van der Waals surface area (Å²) in [7, 11) is 1.58. The molecule has 1 unspecified atom stereocenters. The quantitative estimate of drug-likeness (QED) is 0.140. The van der Waals surface area contributed by atoms with Crippen molar-refractivity contribution in [3.05, 3.63) is 85.8 Å². The smallest absolute Gasteiger partial charge is 0.260 e. The van der Waals surface area contributed by atoms with Crippen LogP contribution in [-0.2, 0) is 30.4 Å². The minimum absolute atomic E-state index is 0.000272. The summed E-state index contributed by atoms with van der Waals surface area (Å²) in [5, 5.41) is 3.62. The number of anilines is 1. The molecule has 2 aliphatic heterocycles. The van der Waals surface area contributed by atoms with Crippen molar-refractivity contribution >= 4 is 51.6 Å². The molecular weight excluding hydrogens is 825 g/mol. The number of aromatic nitrogens is 3. The Balaban J connectivity index is 1.09. The molecule has 2 aliphatic carbocycles. The highest BCUT2D eigenvalue weighted by molar-refractivity contribution is 7.77. The number of rotatable bonds is 14. The summed E-state index contributed by atoms with van der Waals surface area (Å²) in [5.41, 5.74) is -0.112. The standard InChI is InChI=1S/C46H54N8O8S/c1-6-30-26-46(30,44(58)54(63(59)60)31-12-13-31)50-42(56)38-23-33(62-39-25-36(29-10-8-7-9-11-29)49-37-22-32(61-5)14-15-34(37)39)28-53(38)43(57)35(45(2,3)4)24-41(55)52-20-18-51(19-21-52)40-27-47-16-17-48-40/h6-11,14-17,22,25,27,30-31,33,35,38H,1,12-13,18-21,23-24,26,28H2,2-5H3,(H,50,56)(H,59,60)/p-1/t30-,33-,35-,38+,46-/m1/s1. The maximum absolute atomic E-state index is 15.1. The molecular formula is C46H53N8O8S-. The zero-order valence-corrected chi connectivity index (χ0v) is 36.8. The molecule has 2 saturated heterocycles. The SMILES string of the molecule is C=C[C@@H]1C[C@]1(NC(=O)[C@@H]1C[C@@H](Oc2cc(-c3ccccc3)nc3cc(OC)ccc23)CN1C(=O)[C@@H](CC(=O)N1CCN(c2cnccn2)CC1)C(C)(C)C)C(=O)N(C1CC1)S(=O)[O-]. The number of nitrogens with zero attached hydrogens (tertiary/aromatic N) is 7. The molecule has 0 spiro atoms. The van der Waals surface area contributed by atoms with Gasteiger partial charge in [-0.15, -0.1) is 6.58 Å². The van der Waals surface area contributed by atoms with E-state index in [1.54, 1.807) is 36.7 Å². The van der Waals surface area contributed by atoms with Crippen LogP contribution in [0.3, 0.4) is 0 Å². The number of methoxy groups -OCH3 is 1. The number of hydrogen-bond acceptors (Lipinski definition) is 12. The minimum atomic E-state index is -2.84. The summed E-state index contributed by atoms with van der Waals surface area (Å²) in [4.78, 5) is 76.7. The number of piperazine rings is 1. The highest BCUT2D eigenvalue weighted by atomic mass is 32.2. The van der Waals surface area contributed by atoms with Crippen LogP contribution in [-0.4, -0.2) is 125 Å². The molecule has 4 fully saturated rings. The van der Waals surface area contributed by atoms with Gasteiger partial charge in [-0.3, -0.25) is 32.7 Å². The third kappa shape index (κ3) is 9.12. The lowest BCUT2D eigenvalue weighted by atomic mass is 9.77. The number of fused-ring (bicyclic) bond motifs is 1. The monoisotopic (exact) mass is 877 g/mol. The highest BCUT2D eigenvalue weighted by Gasteiger charge is 2.63. The van der Waals surface area contributed by atoms with E-state index in [0.717, 1.165) is 15.7 Å². The van der Waals surface area contributed by atoms with E-state index >= 15 is 4.79 Å². The highest BCUT2D eigenvalue weighted by Crippen LogP contribution is 2.48. The van der Waals surface area contributed by atoms with Gasteiger partial charge in [0.15, 0.2) is 0 Å². The molecule has 16 nitrogen and oxygen atoms in total. The number of carbonyl (C=O) groups is 4. The second kappa shape index (κ2) is 17.7. The first-order valence-electron chi connectivity index (χ1n) is 21.4. The number of carbonyl (C=O) groups excluding carboxylic acids is 4. The molecule has 1 N–H and O–H groups in total. The molecule has 4 aliphatic rings. The van der Waals surface area contributed by atoms with E-state index in [4.69, 9.17) is 14.5 Å². The number of ether oxygens (including phenoxy) is 2. The Bertz CT molecular complexity index is 2410. The van der Waals surface area contributed by atoms with Gasteiger partial charge in [-0.2, -0.15) is 0 Å². The average Bonchev–Trinajstić information content (AvgIpc) is 4.21. The van der Waals surface area contributed by atoms with Crippen molar-refractivity contribution in [2.45, 2.75) is 76.6 Å². The van der Waals surface area contributed by atoms with E-state index in [-0.39, 0.29) is 31.7 Å². The van der Waals surface area contributed by atoms with Crippen LogP contribution in [0.5, 0.6) is 11.5 Å². The Labute approximate surface area is 369 Å². The second-order valence-corrected chi connectivity index (χ2v) is 18.7. The van der Waals surface area contributed by atoms with Crippen molar-refractivity contribution < 1.29 is 37.4 Å². The van der Waals surface area contributed by atoms with E-state index in [2.05, 4.69) is 26.8 Å². The summed E-state index contributed by atoms with van der Waals surface area (Å²) in [5.74, 6) is -1.42. The molecule has 17 heteroatoms. The van der Waals surface area contributed by atoms with Crippen molar-refractivity contribution in [1.29, 1.82) is 0 Å². The van der Waals surface area contributed by atoms with Crippen molar-refractivity contribution in [2.24, 2.45) is 17.3 Å². The van der Waals surface area contributed by atoms with Crippen molar-refractivity contribution in [3.63, 3.8) is 0 Å². The van der Waals surface area contributed by atoms with Gasteiger partial charge in [-0.25, -0.2) is 9.97 Å². The maximum Gasteiger partial charge on any atom is 0.260 e. The molecule has 6 atom stereocenters. The lowest BCUT2D eigenvalue weighted by molar-refractivity contribution is -0.148. The van der Waals surface area contributed by atoms with E-state index in [9.17, 15) is 23.1 Å². The summed E-state index contributed by atoms with van der Waals surface area (Å²) >= 11 is -2.84. The first-order chi connectivity index (χ1) is 30.2. The van der Waals surface area contributed by atoms with Crippen LogP contribution in [0.15, 0.2) is 85.8 Å². The fraction of sp³-hybridized carbons (Fsp3) is 0.457. The minimum Gasteiger partial charge on any atom is -0.755 e. The van der Waals surface area contributed by atoms with Gasteiger partial charge in [0.1, 0.15) is 35.0 Å². The molecule has 63 heavy (non-hydrogen) atoms. The van der Waals surface area contributed by atoms with Crippen LogP contribution in [0.1, 0.15) is 52.9 Å². The van der Waals surface area contributed by atoms with Crippen LogP contribution >= 0.6 is 0 Å². The molecule has 2 aromatic carbocycles. The van der Waals surface area contributed by atoms with Gasteiger partial charge in [0.05, 0.1) is 48.2 Å². The van der Waals surface area contributed by atoms with Gasteiger partial charge < -0.3 is 34.0 Å². The lowest BCUT2D eigenvalue weighted by Crippen LogP contribution is -2.58. The third-order valence-electron chi connectivity index (χ3n) is 12.7. The predicted octanol–water partition coefficient (Wildman–Crippen LogP) is 4.30. The Hall–Kier alpha value is -5.94. The van der Waals surface area contributed by atoms with Crippen LogP contribution in [0.4, 0.5) is 5.82 Å². The van der Waals surface area contributed by atoms with Gasteiger partial charge in [0.25, 0.3) is 5.91 Å². The molecule has 2 aromatic heterocycles. The zero-order valence-electron chi connectivity index (χ0n) is 36.0. The molecule has 0 radical (unpaired) electrons. The topological polar surface area (TPSA) is 191 Å². The fourth-order valence-corrected chi connectivity index (χ4v) is 9.55. The first kappa shape index (κ1) is 43.7. The summed E-state index contributed by atoms with van der Waals surface area (Å²) in [6, 6.07) is 15.4. The predicted molar refractivity (Wildman–Crippen MR) is 235 cm³/mol. The summed E-state index contributed by atoms with van der Waals surface area (Å²) in [6.45, 7) is 11.5. The summed E-state index contributed by atoms with van der Waals surface area (Å²) < 4.78 is 37.8. The van der Waals surface area contributed by atoms with E-state index in [1.807, 2.05) is 75.4 Å². The van der Waals surface area contributed by atoms with Gasteiger partial charge in [-0.1, -0.05) is 57.2 Å². The summed E-state index contributed by atoms with van der Waals surface area (Å²) in [6.07, 6.45) is 6.98. The number of likely N-dealkylation sites (tertiary alicyclic amines) is 1. The molecule has 2 saturated carbocycles. The zero-order chi connectivity index (χ0) is 44.6. The Morgan fingerprint density at radius 3 is 2.43 bits per heavy atom. The van der Waals surface area contributed by atoms with Crippen LogP contribution in [0, 0.1) is 17.3 Å². The molecule has 4 aromatic rings.